The van der Waals surface area contributed by atoms with Gasteiger partial charge in [0.25, 0.3) is 5.69 Å². The molecule has 2 fully saturated rings. The Kier molecular flexibility index (Phi) is 14.5. The Labute approximate surface area is 418 Å². The van der Waals surface area contributed by atoms with E-state index in [9.17, 15) is 37.7 Å². The number of piperidine rings is 2. The number of alkyl halides is 3. The van der Waals surface area contributed by atoms with Crippen molar-refractivity contribution in [2.75, 3.05) is 41.7 Å². The molecule has 9 aromatic rings. The summed E-state index contributed by atoms with van der Waals surface area (Å²) in [6.45, 7) is 3.12. The number of nitrogens with zero attached hydrogens (tertiary/aromatic N) is 9. The third-order valence-electron chi connectivity index (χ3n) is 12.6. The fourth-order valence-electron chi connectivity index (χ4n) is 9.02. The predicted octanol–water partition coefficient (Wildman–Crippen LogP) is 9.46. The Bertz CT molecular complexity index is 3470. The number of ketones is 1. The number of para-hydroxylation sites is 4. The van der Waals surface area contributed by atoms with Crippen LogP contribution in [0.25, 0.3) is 33.5 Å². The number of H-pyrrole nitrogens is 2. The maximum atomic E-state index is 13.6. The van der Waals surface area contributed by atoms with Crippen LogP contribution >= 0.6 is 11.6 Å². The van der Waals surface area contributed by atoms with Crippen LogP contribution in [0, 0.1) is 10.1 Å². The van der Waals surface area contributed by atoms with Gasteiger partial charge < -0.3 is 29.9 Å². The molecule has 0 radical (unpaired) electrons. The highest BCUT2D eigenvalue weighted by Gasteiger charge is 2.41. The molecule has 2 aliphatic rings. The standard InChI is InChI=1S/C29H24F3N5O3.C17H19N5O.C5H3ClN2O2/c30-29(31,32)26-25(40-27(35-26)19-6-2-1-3-7-19)23(38)16-18-10-11-24(33-17-18)36-14-12-20(13-15-36)37-22-9-5-4-8-21(22)34-28(37)39;18-12-5-6-16(19-11-12)21-9-7-13(8-10-21)22-15-4-2-1-3-14(15)20-17(22)23;6-5-2-1-4(3-7-5)8(9)10/h1-11,17,20H,12-16H2,(H,34,39);1-6,11,13H,7-10,18H2,(H,20,23);1-3H. The maximum absolute atomic E-state index is 13.6. The van der Waals surface area contributed by atoms with E-state index in [2.05, 4.69) is 39.7 Å². The van der Waals surface area contributed by atoms with Gasteiger partial charge in [-0.25, -0.2) is 29.5 Å². The summed E-state index contributed by atoms with van der Waals surface area (Å²) in [5.74, 6) is -0.263. The van der Waals surface area contributed by atoms with E-state index in [0.717, 1.165) is 72.9 Å². The normalized spacial score (nSPS) is 14.4. The van der Waals surface area contributed by atoms with E-state index in [4.69, 9.17) is 21.8 Å². The third kappa shape index (κ3) is 11.3. The fourth-order valence-corrected chi connectivity index (χ4v) is 9.13. The molecule has 22 heteroatoms. The summed E-state index contributed by atoms with van der Waals surface area (Å²) in [6.07, 6.45) is 2.48. The van der Waals surface area contributed by atoms with Crippen LogP contribution in [-0.2, 0) is 12.6 Å². The first kappa shape index (κ1) is 49.4. The van der Waals surface area contributed by atoms with Crippen molar-refractivity contribution in [3.63, 3.8) is 0 Å². The number of aromatic nitrogens is 8. The first-order valence-electron chi connectivity index (χ1n) is 23.2. The number of aromatic amines is 2. The monoisotopic (exact) mass is 1010 g/mol. The second-order valence-electron chi connectivity index (χ2n) is 17.3. The number of anilines is 3. The lowest BCUT2D eigenvalue weighted by Crippen LogP contribution is -2.37. The molecular weight excluding hydrogens is 969 g/mol. The third-order valence-corrected chi connectivity index (χ3v) is 12.8. The van der Waals surface area contributed by atoms with Crippen LogP contribution in [0.4, 0.5) is 36.2 Å². The Morgan fingerprint density at radius 2 is 1.25 bits per heavy atom. The molecule has 6 aromatic heterocycles. The van der Waals surface area contributed by atoms with Crippen molar-refractivity contribution in [3.8, 4) is 11.5 Å². The van der Waals surface area contributed by atoms with E-state index in [-0.39, 0.29) is 46.6 Å². The van der Waals surface area contributed by atoms with Gasteiger partial charge in [0.2, 0.25) is 17.4 Å². The molecule has 374 valence electrons. The number of nitrogens with two attached hydrogens (primary N) is 1. The van der Waals surface area contributed by atoms with Crippen LogP contribution in [-0.4, -0.2) is 75.9 Å². The molecule has 4 N–H and O–H groups in total. The number of fused-ring (bicyclic) bond motifs is 2. The number of hydrogen-bond donors (Lipinski definition) is 3. The predicted molar refractivity (Wildman–Crippen MR) is 270 cm³/mol. The largest absolute Gasteiger partial charge is 0.437 e. The van der Waals surface area contributed by atoms with Crippen LogP contribution in [0.3, 0.4) is 0 Å². The SMILES string of the molecule is Nc1ccc(N2CCC(n3c(=O)[nH]c4ccccc43)CC2)nc1.O=C(Cc1ccc(N2CCC(n3c(=O)[nH]c4ccccc43)CC2)nc1)c1oc(-c2ccccc2)nc1C(F)(F)F.O=[N+]([O-])c1ccc(Cl)nc1. The van der Waals surface area contributed by atoms with Crippen LogP contribution in [0.15, 0.2) is 148 Å². The van der Waals surface area contributed by atoms with E-state index in [1.807, 2.05) is 69.8 Å². The number of imidazole rings is 2. The lowest BCUT2D eigenvalue weighted by Gasteiger charge is -2.33. The molecule has 3 aromatic carbocycles. The molecule has 0 aliphatic carbocycles. The van der Waals surface area contributed by atoms with Gasteiger partial charge in [-0.15, -0.1) is 0 Å². The Hall–Kier alpha value is -8.59. The molecule has 0 atom stereocenters. The number of pyridine rings is 3. The minimum atomic E-state index is -4.84. The number of benzene rings is 3. The molecule has 11 rings (SSSR count). The summed E-state index contributed by atoms with van der Waals surface area (Å²) in [5.41, 5.74) is 9.22. The molecule has 0 spiro atoms. The lowest BCUT2D eigenvalue weighted by molar-refractivity contribution is -0.385. The summed E-state index contributed by atoms with van der Waals surface area (Å²) in [5, 5.41) is 10.3. The molecule has 0 saturated carbocycles. The molecule has 18 nitrogen and oxygen atoms in total. The highest BCUT2D eigenvalue weighted by Crippen LogP contribution is 2.35. The number of oxazole rings is 1. The van der Waals surface area contributed by atoms with Crippen molar-refractivity contribution in [1.29, 1.82) is 0 Å². The number of Topliss-reactive ketones (excluding diaryl/α,β-unsaturated/α-hetero) is 1. The highest BCUT2D eigenvalue weighted by atomic mass is 35.5. The summed E-state index contributed by atoms with van der Waals surface area (Å²) in [6, 6.07) is 33.8. The number of nitrogen functional groups attached to an aromatic ring is 1. The van der Waals surface area contributed by atoms with Crippen molar-refractivity contribution < 1.29 is 27.3 Å². The smallest absolute Gasteiger partial charge is 0.432 e. The first-order valence-corrected chi connectivity index (χ1v) is 23.6. The summed E-state index contributed by atoms with van der Waals surface area (Å²) < 4.78 is 50.0. The molecule has 8 heterocycles. The van der Waals surface area contributed by atoms with Crippen molar-refractivity contribution >= 4 is 62.5 Å². The zero-order chi connectivity index (χ0) is 51.2. The molecule has 0 bridgehead atoms. The van der Waals surface area contributed by atoms with E-state index >= 15 is 0 Å². The number of hydrogen-bond acceptors (Lipinski definition) is 13. The highest BCUT2D eigenvalue weighted by molar-refractivity contribution is 6.29. The minimum absolute atomic E-state index is 0.0183. The van der Waals surface area contributed by atoms with Crippen LogP contribution in [0.1, 0.15) is 59.6 Å². The fraction of sp³-hybridized carbons (Fsp3) is 0.235. The second kappa shape index (κ2) is 21.4. The van der Waals surface area contributed by atoms with Gasteiger partial charge in [0.1, 0.15) is 23.0 Å². The summed E-state index contributed by atoms with van der Waals surface area (Å²) >= 11 is 5.38. The molecule has 2 aliphatic heterocycles. The number of rotatable bonds is 9. The molecule has 0 amide bonds. The molecule has 73 heavy (non-hydrogen) atoms. The zero-order valence-corrected chi connectivity index (χ0v) is 39.5. The first-order chi connectivity index (χ1) is 35.2. The van der Waals surface area contributed by atoms with Crippen LogP contribution < -0.4 is 26.9 Å². The number of carbonyl (C=O) groups excluding carboxylic acids is 1. The van der Waals surface area contributed by atoms with Gasteiger partial charge in [0, 0.05) is 62.5 Å². The van der Waals surface area contributed by atoms with Crippen molar-refractivity contribution in [2.24, 2.45) is 0 Å². The average Bonchev–Trinajstić information content (AvgIpc) is 4.11. The van der Waals surface area contributed by atoms with E-state index in [0.29, 0.717) is 35.7 Å². The molecular formula is C51H46ClF3N12O6. The Balaban J connectivity index is 0.000000165. The maximum Gasteiger partial charge on any atom is 0.437 e. The van der Waals surface area contributed by atoms with E-state index < -0.39 is 28.3 Å². The lowest BCUT2D eigenvalue weighted by atomic mass is 10.0. The summed E-state index contributed by atoms with van der Waals surface area (Å²) in [7, 11) is 0. The second-order valence-corrected chi connectivity index (χ2v) is 17.7. The van der Waals surface area contributed by atoms with E-state index in [1.165, 1.54) is 18.3 Å². The van der Waals surface area contributed by atoms with Gasteiger partial charge >= 0.3 is 17.6 Å². The quantitative estimate of drug-likeness (QED) is 0.0530. The topological polar surface area (TPSA) is 233 Å². The van der Waals surface area contributed by atoms with Crippen molar-refractivity contribution in [1.82, 2.24) is 39.0 Å². The van der Waals surface area contributed by atoms with Crippen molar-refractivity contribution in [3.05, 3.63) is 187 Å². The average molecular weight is 1020 g/mol. The van der Waals surface area contributed by atoms with Crippen LogP contribution in [0.5, 0.6) is 0 Å². The molecule has 2 saturated heterocycles. The number of carbonyl (C=O) groups is 1. The number of nitrogens with one attached hydrogen (secondary N) is 2. The Morgan fingerprint density at radius 1 is 0.712 bits per heavy atom. The minimum Gasteiger partial charge on any atom is -0.432 e. The van der Waals surface area contributed by atoms with Gasteiger partial charge in [0.05, 0.1) is 38.9 Å². The number of nitro groups is 1. The molecule has 0 unspecified atom stereocenters. The van der Waals surface area contributed by atoms with Gasteiger partial charge in [-0.3, -0.25) is 24.0 Å². The Morgan fingerprint density at radius 3 is 1.73 bits per heavy atom. The van der Waals surface area contributed by atoms with Crippen molar-refractivity contribution in [2.45, 2.75) is 50.4 Å². The van der Waals surface area contributed by atoms with Gasteiger partial charge in [-0.05, 0) is 91.9 Å². The van der Waals surface area contributed by atoms with Crippen LogP contribution in [0.2, 0.25) is 5.15 Å². The summed E-state index contributed by atoms with van der Waals surface area (Å²) in [4.78, 5) is 73.4. The number of halogens is 4. The zero-order valence-electron chi connectivity index (χ0n) is 38.8. The van der Waals surface area contributed by atoms with E-state index in [1.54, 1.807) is 48.7 Å². The van der Waals surface area contributed by atoms with Gasteiger partial charge in [-0.1, -0.05) is 60.1 Å². The van der Waals surface area contributed by atoms with Gasteiger partial charge in [0.15, 0.2) is 5.69 Å². The van der Waals surface area contributed by atoms with Gasteiger partial charge in [-0.2, -0.15) is 13.2 Å².